The van der Waals surface area contributed by atoms with Gasteiger partial charge in [0, 0.05) is 35.8 Å². The summed E-state index contributed by atoms with van der Waals surface area (Å²) < 4.78 is 1.83. The van der Waals surface area contributed by atoms with Crippen molar-refractivity contribution in [3.05, 3.63) is 71.3 Å². The number of nitrogens with one attached hydrogen (secondary N) is 1. The minimum atomic E-state index is -0.0897. The van der Waals surface area contributed by atoms with E-state index in [1.54, 1.807) is 17.7 Å². The van der Waals surface area contributed by atoms with Crippen LogP contribution in [0.25, 0.3) is 16.4 Å². The molecule has 0 saturated carbocycles. The van der Waals surface area contributed by atoms with Gasteiger partial charge in [-0.1, -0.05) is 30.3 Å². The molecule has 34 heavy (non-hydrogen) atoms. The van der Waals surface area contributed by atoms with Crippen molar-refractivity contribution in [3.8, 4) is 16.4 Å². The average Bonchev–Trinajstić information content (AvgIpc) is 3.49. The van der Waals surface area contributed by atoms with Gasteiger partial charge in [0.1, 0.15) is 17.2 Å². The first-order valence-electron chi connectivity index (χ1n) is 11.4. The molecule has 1 aliphatic heterocycles. The fourth-order valence-electron chi connectivity index (χ4n) is 4.31. The molecule has 0 spiro atoms. The molecular formula is C25H27N7OS. The van der Waals surface area contributed by atoms with Gasteiger partial charge in [-0.15, -0.1) is 11.3 Å². The lowest BCUT2D eigenvalue weighted by molar-refractivity contribution is -0.125. The molecule has 1 aliphatic rings. The first-order valence-corrected chi connectivity index (χ1v) is 12.3. The molecule has 174 valence electrons. The summed E-state index contributed by atoms with van der Waals surface area (Å²) in [6, 6.07) is 14.1. The molecule has 4 heterocycles. The SMILES string of the molecule is Cc1cc(C)n(-c2cc(N3CCCC(C(=O)NCc4csc(-c5ccccc5)n4)C3)ncn2)n1. The highest BCUT2D eigenvalue weighted by atomic mass is 32.1. The average molecular weight is 474 g/mol. The molecule has 1 atom stereocenters. The Kier molecular flexibility index (Phi) is 6.35. The standard InChI is InChI=1S/C25H27N7OS/c1-17-11-18(2)32(30-17)23-12-22(27-16-28-23)31-10-6-9-20(14-31)24(33)26-13-21-15-34-25(29-21)19-7-4-3-5-8-19/h3-5,7-8,11-12,15-16,20H,6,9-10,13-14H2,1-2H3,(H,26,33). The van der Waals surface area contributed by atoms with Crippen LogP contribution >= 0.6 is 11.3 Å². The van der Waals surface area contributed by atoms with Crippen LogP contribution in [-0.2, 0) is 11.3 Å². The monoisotopic (exact) mass is 473 g/mol. The number of nitrogens with zero attached hydrogens (tertiary/aromatic N) is 6. The maximum absolute atomic E-state index is 13.0. The third-order valence-electron chi connectivity index (χ3n) is 6.00. The molecule has 3 aromatic heterocycles. The summed E-state index contributed by atoms with van der Waals surface area (Å²) in [5.74, 6) is 1.53. The Bertz CT molecular complexity index is 1280. The van der Waals surface area contributed by atoms with Gasteiger partial charge >= 0.3 is 0 Å². The van der Waals surface area contributed by atoms with Crippen molar-refractivity contribution in [2.75, 3.05) is 18.0 Å². The lowest BCUT2D eigenvalue weighted by Gasteiger charge is -2.32. The van der Waals surface area contributed by atoms with E-state index in [1.807, 2.05) is 66.4 Å². The number of hydrogen-bond donors (Lipinski definition) is 1. The summed E-state index contributed by atoms with van der Waals surface area (Å²) in [4.78, 5) is 28.7. The van der Waals surface area contributed by atoms with Crippen molar-refractivity contribution >= 4 is 23.1 Å². The Hall–Kier alpha value is -3.59. The van der Waals surface area contributed by atoms with Gasteiger partial charge in [-0.2, -0.15) is 5.10 Å². The summed E-state index contributed by atoms with van der Waals surface area (Å²) in [7, 11) is 0. The second-order valence-corrected chi connectivity index (χ2v) is 9.44. The number of rotatable bonds is 6. The number of hydrogen-bond acceptors (Lipinski definition) is 7. The predicted molar refractivity (Wildman–Crippen MR) is 133 cm³/mol. The van der Waals surface area contributed by atoms with Crippen LogP contribution in [0.3, 0.4) is 0 Å². The summed E-state index contributed by atoms with van der Waals surface area (Å²) in [6.07, 6.45) is 3.37. The Morgan fingerprint density at radius 1 is 1.15 bits per heavy atom. The van der Waals surface area contributed by atoms with Gasteiger partial charge in [0.05, 0.1) is 23.9 Å². The van der Waals surface area contributed by atoms with Crippen LogP contribution < -0.4 is 10.2 Å². The van der Waals surface area contributed by atoms with E-state index in [1.165, 1.54) is 0 Å². The Labute approximate surface area is 202 Å². The number of amides is 1. The number of aryl methyl sites for hydroxylation is 2. The largest absolute Gasteiger partial charge is 0.356 e. The van der Waals surface area contributed by atoms with E-state index >= 15 is 0 Å². The minimum Gasteiger partial charge on any atom is -0.356 e. The minimum absolute atomic E-state index is 0.0618. The number of piperidine rings is 1. The van der Waals surface area contributed by atoms with Crippen molar-refractivity contribution in [1.29, 1.82) is 0 Å². The molecule has 0 bridgehead atoms. The fourth-order valence-corrected chi connectivity index (χ4v) is 5.14. The third-order valence-corrected chi connectivity index (χ3v) is 6.94. The van der Waals surface area contributed by atoms with Crippen molar-refractivity contribution in [3.63, 3.8) is 0 Å². The van der Waals surface area contributed by atoms with Crippen molar-refractivity contribution in [2.45, 2.75) is 33.2 Å². The Morgan fingerprint density at radius 3 is 2.76 bits per heavy atom. The van der Waals surface area contributed by atoms with Gasteiger partial charge in [-0.3, -0.25) is 4.79 Å². The Morgan fingerprint density at radius 2 is 1.97 bits per heavy atom. The number of anilines is 1. The van der Waals surface area contributed by atoms with E-state index in [0.717, 1.165) is 58.7 Å². The number of thiazole rings is 1. The van der Waals surface area contributed by atoms with Crippen molar-refractivity contribution < 1.29 is 4.79 Å². The van der Waals surface area contributed by atoms with E-state index in [-0.39, 0.29) is 11.8 Å². The van der Waals surface area contributed by atoms with Gasteiger partial charge in [0.2, 0.25) is 5.91 Å². The zero-order chi connectivity index (χ0) is 23.5. The van der Waals surface area contributed by atoms with E-state index in [0.29, 0.717) is 13.1 Å². The molecule has 1 N–H and O–H groups in total. The number of benzene rings is 1. The second-order valence-electron chi connectivity index (χ2n) is 8.59. The van der Waals surface area contributed by atoms with Gasteiger partial charge in [-0.05, 0) is 32.8 Å². The second kappa shape index (κ2) is 9.72. The van der Waals surface area contributed by atoms with Crippen LogP contribution in [0, 0.1) is 19.8 Å². The quantitative estimate of drug-likeness (QED) is 0.456. The van der Waals surface area contributed by atoms with Crippen molar-refractivity contribution in [2.24, 2.45) is 5.92 Å². The van der Waals surface area contributed by atoms with Crippen LogP contribution in [0.5, 0.6) is 0 Å². The topological polar surface area (TPSA) is 88.8 Å². The van der Waals surface area contributed by atoms with E-state index in [9.17, 15) is 4.79 Å². The molecule has 1 saturated heterocycles. The zero-order valence-corrected chi connectivity index (χ0v) is 20.1. The van der Waals surface area contributed by atoms with E-state index < -0.39 is 0 Å². The maximum atomic E-state index is 13.0. The summed E-state index contributed by atoms with van der Waals surface area (Å²) in [6.45, 7) is 5.91. The van der Waals surface area contributed by atoms with Gasteiger partial charge in [0.25, 0.3) is 0 Å². The molecular weight excluding hydrogens is 446 g/mol. The number of carbonyl (C=O) groups is 1. The van der Waals surface area contributed by atoms with Crippen LogP contribution in [0.15, 0.2) is 54.2 Å². The summed E-state index contributed by atoms with van der Waals surface area (Å²) >= 11 is 1.60. The molecule has 4 aromatic rings. The molecule has 1 aromatic carbocycles. The first kappa shape index (κ1) is 22.2. The molecule has 0 aliphatic carbocycles. The summed E-state index contributed by atoms with van der Waals surface area (Å²) in [5, 5.41) is 10.6. The molecule has 5 rings (SSSR count). The first-order chi connectivity index (χ1) is 16.6. The van der Waals surface area contributed by atoms with Crippen LogP contribution in [-0.4, -0.2) is 43.7 Å². The highest BCUT2D eigenvalue weighted by Crippen LogP contribution is 2.25. The predicted octanol–water partition coefficient (Wildman–Crippen LogP) is 3.94. The maximum Gasteiger partial charge on any atom is 0.225 e. The highest BCUT2D eigenvalue weighted by molar-refractivity contribution is 7.13. The molecule has 1 fully saturated rings. The van der Waals surface area contributed by atoms with Crippen LogP contribution in [0.4, 0.5) is 5.82 Å². The van der Waals surface area contributed by atoms with Gasteiger partial charge in [-0.25, -0.2) is 19.6 Å². The molecule has 1 unspecified atom stereocenters. The normalized spacial score (nSPS) is 15.9. The van der Waals surface area contributed by atoms with Crippen molar-refractivity contribution in [1.82, 2.24) is 30.0 Å². The molecule has 1 amide bonds. The van der Waals surface area contributed by atoms with Crippen LogP contribution in [0.2, 0.25) is 0 Å². The Balaban J connectivity index is 1.22. The third kappa shape index (κ3) is 4.84. The molecule has 9 heteroatoms. The molecule has 8 nitrogen and oxygen atoms in total. The lowest BCUT2D eigenvalue weighted by atomic mass is 9.97. The number of aromatic nitrogens is 5. The van der Waals surface area contributed by atoms with E-state index in [2.05, 4.69) is 30.3 Å². The highest BCUT2D eigenvalue weighted by Gasteiger charge is 2.27. The van der Waals surface area contributed by atoms with Gasteiger partial charge in [0.15, 0.2) is 5.82 Å². The van der Waals surface area contributed by atoms with E-state index in [4.69, 9.17) is 0 Å². The lowest BCUT2D eigenvalue weighted by Crippen LogP contribution is -2.43. The fraction of sp³-hybridized carbons (Fsp3) is 0.320. The summed E-state index contributed by atoms with van der Waals surface area (Å²) in [5.41, 5.74) is 3.95. The van der Waals surface area contributed by atoms with Gasteiger partial charge < -0.3 is 10.2 Å². The number of carbonyl (C=O) groups excluding carboxylic acids is 1. The smallest absolute Gasteiger partial charge is 0.225 e. The van der Waals surface area contributed by atoms with Crippen LogP contribution in [0.1, 0.15) is 29.9 Å². The zero-order valence-electron chi connectivity index (χ0n) is 19.3. The molecule has 0 radical (unpaired) electrons.